The highest BCUT2D eigenvalue weighted by Crippen LogP contribution is 2.20. The molecule has 2 aliphatic heterocycles. The standard InChI is InChI=1S/C20H30F3N5/c1-2-24-19(26-18-8-11-28(14-18)15-20(21,22)23)25-9-12-27-10-7-16-5-3-4-6-17(16)13-27/h3-6,18H,2,7-15H2,1H3,(H2,24,25,26). The third-order valence-corrected chi connectivity index (χ3v) is 5.26. The molecule has 1 aromatic rings. The molecule has 5 nitrogen and oxygen atoms in total. The van der Waals surface area contributed by atoms with Crippen LogP contribution in [0.4, 0.5) is 13.2 Å². The average molecular weight is 397 g/mol. The van der Waals surface area contributed by atoms with Gasteiger partial charge in [0.1, 0.15) is 0 Å². The summed E-state index contributed by atoms with van der Waals surface area (Å²) >= 11 is 0. The molecule has 1 saturated heterocycles. The van der Waals surface area contributed by atoms with E-state index in [9.17, 15) is 13.2 Å². The lowest BCUT2D eigenvalue weighted by Gasteiger charge is -2.28. The number of nitrogens with one attached hydrogen (secondary N) is 2. The quantitative estimate of drug-likeness (QED) is 0.571. The fraction of sp³-hybridized carbons (Fsp3) is 0.650. The molecule has 1 unspecified atom stereocenters. The minimum Gasteiger partial charge on any atom is -0.357 e. The Hall–Kier alpha value is -1.80. The van der Waals surface area contributed by atoms with Crippen LogP contribution in [-0.2, 0) is 13.0 Å². The van der Waals surface area contributed by atoms with Crippen molar-refractivity contribution in [2.45, 2.75) is 38.5 Å². The number of guanidine groups is 1. The van der Waals surface area contributed by atoms with Gasteiger partial charge < -0.3 is 10.6 Å². The summed E-state index contributed by atoms with van der Waals surface area (Å²) < 4.78 is 37.7. The van der Waals surface area contributed by atoms with Gasteiger partial charge in [0.05, 0.1) is 13.1 Å². The molecule has 156 valence electrons. The van der Waals surface area contributed by atoms with Gasteiger partial charge in [-0.15, -0.1) is 0 Å². The van der Waals surface area contributed by atoms with Gasteiger partial charge in [-0.05, 0) is 30.9 Å². The molecule has 0 radical (unpaired) electrons. The molecule has 3 rings (SSSR count). The van der Waals surface area contributed by atoms with E-state index in [1.807, 2.05) is 6.92 Å². The van der Waals surface area contributed by atoms with Gasteiger partial charge in [0, 0.05) is 45.3 Å². The Labute approximate surface area is 165 Å². The smallest absolute Gasteiger partial charge is 0.357 e. The van der Waals surface area contributed by atoms with Crippen LogP contribution >= 0.6 is 0 Å². The molecule has 0 amide bonds. The highest BCUT2D eigenvalue weighted by molar-refractivity contribution is 5.80. The monoisotopic (exact) mass is 397 g/mol. The van der Waals surface area contributed by atoms with E-state index in [4.69, 9.17) is 0 Å². The molecule has 28 heavy (non-hydrogen) atoms. The van der Waals surface area contributed by atoms with E-state index in [0.717, 1.165) is 32.6 Å². The van der Waals surface area contributed by atoms with Crippen molar-refractivity contribution in [2.24, 2.45) is 4.99 Å². The third-order valence-electron chi connectivity index (χ3n) is 5.26. The number of benzene rings is 1. The van der Waals surface area contributed by atoms with Gasteiger partial charge in [-0.3, -0.25) is 14.8 Å². The summed E-state index contributed by atoms with van der Waals surface area (Å²) in [5, 5.41) is 6.50. The van der Waals surface area contributed by atoms with Crippen molar-refractivity contribution in [2.75, 3.05) is 45.8 Å². The number of likely N-dealkylation sites (tertiary alicyclic amines) is 1. The minimum absolute atomic E-state index is 0.00186. The zero-order valence-corrected chi connectivity index (χ0v) is 16.4. The number of fused-ring (bicyclic) bond motifs is 1. The topological polar surface area (TPSA) is 42.9 Å². The zero-order valence-electron chi connectivity index (χ0n) is 16.4. The fourth-order valence-electron chi connectivity index (χ4n) is 3.91. The molecular weight excluding hydrogens is 367 g/mol. The van der Waals surface area contributed by atoms with Crippen LogP contribution in [0.3, 0.4) is 0 Å². The molecule has 0 bridgehead atoms. The second kappa shape index (κ2) is 9.60. The van der Waals surface area contributed by atoms with Crippen molar-refractivity contribution < 1.29 is 13.2 Å². The normalized spacial score (nSPS) is 21.6. The summed E-state index contributed by atoms with van der Waals surface area (Å²) in [4.78, 5) is 8.49. The average Bonchev–Trinajstić information content (AvgIpc) is 3.06. The van der Waals surface area contributed by atoms with Crippen LogP contribution < -0.4 is 10.6 Å². The molecule has 0 aromatic heterocycles. The Morgan fingerprint density at radius 3 is 2.71 bits per heavy atom. The molecule has 1 atom stereocenters. The summed E-state index contributed by atoms with van der Waals surface area (Å²) in [7, 11) is 0. The second-order valence-corrected chi connectivity index (χ2v) is 7.54. The van der Waals surface area contributed by atoms with Crippen molar-refractivity contribution in [3.8, 4) is 0 Å². The number of nitrogens with zero attached hydrogens (tertiary/aromatic N) is 3. The van der Waals surface area contributed by atoms with Gasteiger partial charge in [-0.25, -0.2) is 0 Å². The van der Waals surface area contributed by atoms with Crippen molar-refractivity contribution in [3.63, 3.8) is 0 Å². The Bertz CT molecular complexity index is 661. The number of rotatable bonds is 6. The van der Waals surface area contributed by atoms with Gasteiger partial charge in [0.25, 0.3) is 0 Å². The van der Waals surface area contributed by atoms with Crippen molar-refractivity contribution in [3.05, 3.63) is 35.4 Å². The van der Waals surface area contributed by atoms with E-state index in [1.165, 1.54) is 16.0 Å². The summed E-state index contributed by atoms with van der Waals surface area (Å²) in [5.74, 6) is 0.693. The van der Waals surface area contributed by atoms with Crippen molar-refractivity contribution >= 4 is 5.96 Å². The molecule has 8 heteroatoms. The number of hydrogen-bond acceptors (Lipinski definition) is 3. The van der Waals surface area contributed by atoms with Crippen LogP contribution in [0.2, 0.25) is 0 Å². The number of aliphatic imine (C=N–C) groups is 1. The van der Waals surface area contributed by atoms with Crippen LogP contribution in [0.5, 0.6) is 0 Å². The van der Waals surface area contributed by atoms with Gasteiger partial charge in [-0.1, -0.05) is 24.3 Å². The first-order chi connectivity index (χ1) is 13.4. The van der Waals surface area contributed by atoms with Gasteiger partial charge in [-0.2, -0.15) is 13.2 Å². The summed E-state index contributed by atoms with van der Waals surface area (Å²) in [5.41, 5.74) is 2.82. The second-order valence-electron chi connectivity index (χ2n) is 7.54. The third kappa shape index (κ3) is 6.38. The minimum atomic E-state index is -4.14. The zero-order chi connectivity index (χ0) is 20.0. The number of alkyl halides is 3. The predicted molar refractivity (Wildman–Crippen MR) is 105 cm³/mol. The van der Waals surface area contributed by atoms with Crippen LogP contribution in [0.25, 0.3) is 0 Å². The maximum atomic E-state index is 12.6. The maximum Gasteiger partial charge on any atom is 0.401 e. The Morgan fingerprint density at radius 1 is 1.18 bits per heavy atom. The van der Waals surface area contributed by atoms with Crippen LogP contribution in [0.1, 0.15) is 24.5 Å². The Morgan fingerprint density at radius 2 is 1.96 bits per heavy atom. The van der Waals surface area contributed by atoms with Crippen molar-refractivity contribution in [1.29, 1.82) is 0 Å². The highest BCUT2D eigenvalue weighted by Gasteiger charge is 2.34. The molecule has 0 spiro atoms. The summed E-state index contributed by atoms with van der Waals surface area (Å²) in [6, 6.07) is 8.55. The highest BCUT2D eigenvalue weighted by atomic mass is 19.4. The first-order valence-corrected chi connectivity index (χ1v) is 10.1. The molecule has 2 aliphatic rings. The SMILES string of the molecule is CCNC(=NCCN1CCc2ccccc2C1)NC1CCN(CC(F)(F)F)C1. The molecule has 1 fully saturated rings. The van der Waals surface area contributed by atoms with Crippen LogP contribution in [0.15, 0.2) is 29.3 Å². The molecule has 0 saturated carbocycles. The molecular formula is C20H30F3N5. The lowest BCUT2D eigenvalue weighted by atomic mass is 10.0. The van der Waals surface area contributed by atoms with E-state index in [2.05, 4.69) is 44.8 Å². The molecule has 2 N–H and O–H groups in total. The molecule has 0 aliphatic carbocycles. The van der Waals surface area contributed by atoms with E-state index < -0.39 is 12.7 Å². The van der Waals surface area contributed by atoms with Crippen molar-refractivity contribution in [1.82, 2.24) is 20.4 Å². The van der Waals surface area contributed by atoms with E-state index in [-0.39, 0.29) is 6.04 Å². The van der Waals surface area contributed by atoms with Gasteiger partial charge in [0.2, 0.25) is 0 Å². The molecule has 1 aromatic carbocycles. The Balaban J connectivity index is 1.46. The fourth-order valence-corrected chi connectivity index (χ4v) is 3.91. The largest absolute Gasteiger partial charge is 0.401 e. The summed E-state index contributed by atoms with van der Waals surface area (Å²) in [6.45, 7) is 6.25. The first kappa shape index (κ1) is 20.9. The number of halogens is 3. The van der Waals surface area contributed by atoms with Gasteiger partial charge in [0.15, 0.2) is 5.96 Å². The van der Waals surface area contributed by atoms with Crippen LogP contribution in [-0.4, -0.2) is 73.8 Å². The first-order valence-electron chi connectivity index (χ1n) is 10.1. The lowest BCUT2D eigenvalue weighted by molar-refractivity contribution is -0.143. The number of hydrogen-bond donors (Lipinski definition) is 2. The predicted octanol–water partition coefficient (Wildman–Crippen LogP) is 2.24. The molecule has 2 heterocycles. The van der Waals surface area contributed by atoms with E-state index in [1.54, 1.807) is 0 Å². The summed E-state index contributed by atoms with van der Waals surface area (Å²) in [6.07, 6.45) is -2.38. The van der Waals surface area contributed by atoms with E-state index >= 15 is 0 Å². The van der Waals surface area contributed by atoms with E-state index in [0.29, 0.717) is 32.0 Å². The van der Waals surface area contributed by atoms with Gasteiger partial charge >= 0.3 is 6.18 Å². The van der Waals surface area contributed by atoms with Crippen LogP contribution in [0, 0.1) is 0 Å². The maximum absolute atomic E-state index is 12.6. The lowest BCUT2D eigenvalue weighted by Crippen LogP contribution is -2.45. The Kier molecular flexibility index (Phi) is 7.18.